The first kappa shape index (κ1) is 18.1. The van der Waals surface area contributed by atoms with Gasteiger partial charge in [0.2, 0.25) is 0 Å². The zero-order valence-electron chi connectivity index (χ0n) is 16.3. The number of rotatable bonds is 4. The van der Waals surface area contributed by atoms with Crippen LogP contribution < -0.4 is 10.2 Å². The average molecular weight is 367 g/mol. The maximum atomic E-state index is 4.93. The highest BCUT2D eigenvalue weighted by Gasteiger charge is 2.18. The van der Waals surface area contributed by atoms with Crippen LogP contribution in [0, 0.1) is 0 Å². The van der Waals surface area contributed by atoms with E-state index in [0.717, 1.165) is 23.5 Å². The lowest BCUT2D eigenvalue weighted by molar-refractivity contribution is 0.830. The molecule has 3 heteroatoms. The van der Waals surface area contributed by atoms with Crippen LogP contribution in [-0.4, -0.2) is 19.8 Å². The first-order chi connectivity index (χ1) is 13.7. The number of hydrogen-bond acceptors (Lipinski definition) is 3. The van der Waals surface area contributed by atoms with Crippen LogP contribution in [0.3, 0.4) is 0 Å². The van der Waals surface area contributed by atoms with Gasteiger partial charge in [-0.1, -0.05) is 60.7 Å². The molecule has 0 saturated carbocycles. The van der Waals surface area contributed by atoms with Crippen LogP contribution in [0.5, 0.6) is 0 Å². The summed E-state index contributed by atoms with van der Waals surface area (Å²) in [6.45, 7) is 0. The normalized spacial score (nSPS) is 16.1. The van der Waals surface area contributed by atoms with Crippen LogP contribution in [0.15, 0.2) is 89.9 Å². The molecule has 0 fully saturated rings. The van der Waals surface area contributed by atoms with Crippen LogP contribution in [0.25, 0.3) is 6.08 Å². The molecule has 0 bridgehead atoms. The van der Waals surface area contributed by atoms with E-state index in [1.807, 2.05) is 6.07 Å². The highest BCUT2D eigenvalue weighted by molar-refractivity contribution is 6.02. The third-order valence-corrected chi connectivity index (χ3v) is 4.99. The van der Waals surface area contributed by atoms with Gasteiger partial charge in [0.15, 0.2) is 0 Å². The smallest absolute Gasteiger partial charge is 0.0864 e. The van der Waals surface area contributed by atoms with Gasteiger partial charge in [0.1, 0.15) is 0 Å². The summed E-state index contributed by atoms with van der Waals surface area (Å²) >= 11 is 0. The van der Waals surface area contributed by atoms with Crippen molar-refractivity contribution in [2.24, 2.45) is 4.99 Å². The van der Waals surface area contributed by atoms with Crippen molar-refractivity contribution in [2.75, 3.05) is 24.3 Å². The van der Waals surface area contributed by atoms with Crippen molar-refractivity contribution in [2.45, 2.75) is 12.5 Å². The third-order valence-electron chi connectivity index (χ3n) is 4.99. The maximum absolute atomic E-state index is 4.93. The summed E-state index contributed by atoms with van der Waals surface area (Å²) in [6.07, 6.45) is 5.13. The summed E-state index contributed by atoms with van der Waals surface area (Å²) in [5.41, 5.74) is 6.79. The van der Waals surface area contributed by atoms with Crippen molar-refractivity contribution in [3.63, 3.8) is 0 Å². The van der Waals surface area contributed by atoms with Gasteiger partial charge >= 0.3 is 0 Å². The molecule has 28 heavy (non-hydrogen) atoms. The fraction of sp³-hybridized carbons (Fsp3) is 0.160. The van der Waals surface area contributed by atoms with Crippen LogP contribution in [0.4, 0.5) is 17.1 Å². The fourth-order valence-electron chi connectivity index (χ4n) is 3.41. The van der Waals surface area contributed by atoms with E-state index in [9.17, 15) is 0 Å². The second-order valence-electron chi connectivity index (χ2n) is 7.25. The average Bonchev–Trinajstić information content (AvgIpc) is 2.92. The van der Waals surface area contributed by atoms with E-state index in [-0.39, 0.29) is 6.04 Å². The minimum atomic E-state index is 0.198. The molecule has 1 atom stereocenters. The van der Waals surface area contributed by atoms with Crippen LogP contribution in [0.1, 0.15) is 23.6 Å². The summed E-state index contributed by atoms with van der Waals surface area (Å²) < 4.78 is 0. The summed E-state index contributed by atoms with van der Waals surface area (Å²) in [5.74, 6) is 0. The predicted octanol–water partition coefficient (Wildman–Crippen LogP) is 6.10. The molecule has 0 saturated heterocycles. The molecule has 3 nitrogen and oxygen atoms in total. The molecule has 3 aromatic rings. The van der Waals surface area contributed by atoms with Gasteiger partial charge in [0.05, 0.1) is 17.4 Å². The monoisotopic (exact) mass is 367 g/mol. The number of aliphatic imine (C=N–C) groups is 1. The summed E-state index contributed by atoms with van der Waals surface area (Å²) in [6, 6.07) is 27.6. The summed E-state index contributed by atoms with van der Waals surface area (Å²) in [4.78, 5) is 7.04. The van der Waals surface area contributed by atoms with E-state index in [1.54, 1.807) is 0 Å². The van der Waals surface area contributed by atoms with E-state index >= 15 is 0 Å². The Morgan fingerprint density at radius 3 is 2.32 bits per heavy atom. The minimum Gasteiger partial charge on any atom is -0.378 e. The number of anilines is 2. The van der Waals surface area contributed by atoms with Crippen molar-refractivity contribution < 1.29 is 0 Å². The Morgan fingerprint density at radius 2 is 1.57 bits per heavy atom. The molecule has 0 spiro atoms. The van der Waals surface area contributed by atoms with Crippen molar-refractivity contribution in [1.29, 1.82) is 0 Å². The van der Waals surface area contributed by atoms with Gasteiger partial charge in [0, 0.05) is 31.9 Å². The molecule has 0 radical (unpaired) electrons. The van der Waals surface area contributed by atoms with E-state index in [2.05, 4.69) is 109 Å². The lowest BCUT2D eigenvalue weighted by atomic mass is 10.0. The van der Waals surface area contributed by atoms with Gasteiger partial charge in [-0.2, -0.15) is 0 Å². The zero-order valence-corrected chi connectivity index (χ0v) is 16.3. The zero-order chi connectivity index (χ0) is 19.3. The number of benzene rings is 3. The molecule has 1 aliphatic rings. The number of fused-ring (bicyclic) bond motifs is 1. The summed E-state index contributed by atoms with van der Waals surface area (Å²) in [7, 11) is 4.11. The van der Waals surface area contributed by atoms with Crippen LogP contribution in [0.2, 0.25) is 0 Å². The number of allylic oxidation sites excluding steroid dienone is 1. The molecule has 1 unspecified atom stereocenters. The second-order valence-corrected chi connectivity index (χ2v) is 7.25. The quantitative estimate of drug-likeness (QED) is 0.604. The predicted molar refractivity (Wildman–Crippen MR) is 121 cm³/mol. The lowest BCUT2D eigenvalue weighted by Gasteiger charge is -2.18. The van der Waals surface area contributed by atoms with Crippen molar-refractivity contribution in [3.05, 3.63) is 96.1 Å². The van der Waals surface area contributed by atoms with Crippen molar-refractivity contribution in [1.82, 2.24) is 0 Å². The molecular formula is C25H25N3. The largest absolute Gasteiger partial charge is 0.378 e. The molecule has 0 aromatic heterocycles. The SMILES string of the molecule is CN(C)c1ccc(/C=C/C2=Nc3ccccc3NC(c3ccccc3)C2)cc1. The number of nitrogens with one attached hydrogen (secondary N) is 1. The Labute approximate surface area is 167 Å². The molecule has 0 aliphatic carbocycles. The Balaban J connectivity index is 1.63. The Morgan fingerprint density at radius 1 is 0.857 bits per heavy atom. The van der Waals surface area contributed by atoms with Crippen molar-refractivity contribution in [3.8, 4) is 0 Å². The third kappa shape index (κ3) is 4.15. The number of nitrogens with zero attached hydrogens (tertiary/aromatic N) is 2. The van der Waals surface area contributed by atoms with Crippen LogP contribution >= 0.6 is 0 Å². The fourth-order valence-corrected chi connectivity index (χ4v) is 3.41. The Bertz CT molecular complexity index is 986. The first-order valence-corrected chi connectivity index (χ1v) is 9.62. The highest BCUT2D eigenvalue weighted by Crippen LogP contribution is 2.34. The molecule has 1 aliphatic heterocycles. The Hall–Kier alpha value is -3.33. The molecular weight excluding hydrogens is 342 g/mol. The molecule has 4 rings (SSSR count). The molecule has 1 N–H and O–H groups in total. The van der Waals surface area contributed by atoms with Gasteiger partial charge in [0.25, 0.3) is 0 Å². The molecule has 3 aromatic carbocycles. The minimum absolute atomic E-state index is 0.198. The van der Waals surface area contributed by atoms with Gasteiger partial charge in [-0.25, -0.2) is 0 Å². The van der Waals surface area contributed by atoms with Crippen molar-refractivity contribution >= 4 is 28.8 Å². The van der Waals surface area contributed by atoms with Gasteiger partial charge in [-0.3, -0.25) is 4.99 Å². The maximum Gasteiger partial charge on any atom is 0.0864 e. The summed E-state index contributed by atoms with van der Waals surface area (Å²) in [5, 5.41) is 3.67. The standard InChI is InChI=1S/C25H25N3/c1-28(2)22-16-13-19(14-17-22)12-15-21-18-25(20-8-4-3-5-9-20)27-24-11-7-6-10-23(24)26-21/h3-17,25,27H,18H2,1-2H3/b15-12+. The molecule has 140 valence electrons. The van der Waals surface area contributed by atoms with Gasteiger partial charge < -0.3 is 10.2 Å². The highest BCUT2D eigenvalue weighted by atomic mass is 15.1. The van der Waals surface area contributed by atoms with E-state index in [4.69, 9.17) is 4.99 Å². The molecule has 0 amide bonds. The number of para-hydroxylation sites is 2. The van der Waals surface area contributed by atoms with E-state index in [0.29, 0.717) is 0 Å². The van der Waals surface area contributed by atoms with Gasteiger partial charge in [-0.05, 0) is 41.5 Å². The van der Waals surface area contributed by atoms with E-state index < -0.39 is 0 Å². The lowest BCUT2D eigenvalue weighted by Crippen LogP contribution is -2.12. The van der Waals surface area contributed by atoms with Gasteiger partial charge in [-0.15, -0.1) is 0 Å². The second kappa shape index (κ2) is 8.13. The van der Waals surface area contributed by atoms with Crippen LogP contribution in [-0.2, 0) is 0 Å². The number of hydrogen-bond donors (Lipinski definition) is 1. The topological polar surface area (TPSA) is 27.6 Å². The first-order valence-electron chi connectivity index (χ1n) is 9.62. The Kier molecular flexibility index (Phi) is 5.24. The van der Waals surface area contributed by atoms with E-state index in [1.165, 1.54) is 16.8 Å². The molecule has 1 heterocycles.